The van der Waals surface area contributed by atoms with Gasteiger partial charge in [-0.2, -0.15) is 0 Å². The summed E-state index contributed by atoms with van der Waals surface area (Å²) in [5.41, 5.74) is 4.22. The van der Waals surface area contributed by atoms with Crippen molar-refractivity contribution in [3.63, 3.8) is 0 Å². The van der Waals surface area contributed by atoms with Crippen molar-refractivity contribution in [1.82, 2.24) is 9.97 Å². The average Bonchev–Trinajstić information content (AvgIpc) is 2.89. The molecule has 0 atom stereocenters. The van der Waals surface area contributed by atoms with Crippen molar-refractivity contribution in [2.24, 2.45) is 0 Å². The van der Waals surface area contributed by atoms with E-state index in [4.69, 9.17) is 19.4 Å². The number of benzene rings is 3. The van der Waals surface area contributed by atoms with Crippen LogP contribution in [0.4, 0.5) is 17.3 Å². The molecule has 0 N–H and O–H groups in total. The molecule has 5 aromatic rings. The predicted octanol–water partition coefficient (Wildman–Crippen LogP) is 7.09. The van der Waals surface area contributed by atoms with E-state index in [0.29, 0.717) is 34.6 Å². The van der Waals surface area contributed by atoms with Crippen molar-refractivity contribution >= 4 is 17.3 Å². The van der Waals surface area contributed by atoms with Gasteiger partial charge >= 0.3 is 21.1 Å². The number of anilines is 3. The molecule has 0 spiro atoms. The van der Waals surface area contributed by atoms with Crippen LogP contribution in [0.3, 0.4) is 0 Å². The molecule has 0 saturated carbocycles. The minimum absolute atomic E-state index is 0. The molecule has 0 unspecified atom stereocenters. The summed E-state index contributed by atoms with van der Waals surface area (Å²) in [6, 6.07) is 35.7. The number of para-hydroxylation sites is 1. The number of hydrogen-bond acceptors (Lipinski definition) is 5. The van der Waals surface area contributed by atoms with E-state index in [9.17, 15) is 0 Å². The molecule has 2 aliphatic heterocycles. The largest absolute Gasteiger partial charge is 2.00 e. The number of hydrogen-bond donors (Lipinski definition) is 0. The van der Waals surface area contributed by atoms with E-state index in [0.717, 1.165) is 28.2 Å². The Hall–Kier alpha value is -3.95. The van der Waals surface area contributed by atoms with Gasteiger partial charge in [-0.3, -0.25) is 14.9 Å². The summed E-state index contributed by atoms with van der Waals surface area (Å²) >= 11 is 0. The molecule has 7 rings (SSSR count). The number of nitrogens with zero attached hydrogens (tertiary/aromatic N) is 3. The van der Waals surface area contributed by atoms with Crippen LogP contribution < -0.4 is 14.4 Å². The summed E-state index contributed by atoms with van der Waals surface area (Å²) in [5, 5.41) is 0. The van der Waals surface area contributed by atoms with Gasteiger partial charge in [0.15, 0.2) is 34.6 Å². The van der Waals surface area contributed by atoms with E-state index in [1.165, 1.54) is 0 Å². The van der Waals surface area contributed by atoms with Gasteiger partial charge in [-0.15, -0.1) is 71.8 Å². The molecule has 0 bridgehead atoms. The van der Waals surface area contributed by atoms with Gasteiger partial charge in [0.25, 0.3) is 0 Å². The second kappa shape index (κ2) is 8.12. The van der Waals surface area contributed by atoms with Crippen molar-refractivity contribution in [3.05, 3.63) is 103 Å². The normalized spacial score (nSPS) is 12.3. The fraction of sp³-hybridized carbons (Fsp3) is 0. The molecule has 0 amide bonds. The number of rotatable bonds is 2. The molecule has 164 valence electrons. The van der Waals surface area contributed by atoms with Gasteiger partial charge in [0, 0.05) is 0 Å². The predicted molar refractivity (Wildman–Crippen MR) is 125 cm³/mol. The Morgan fingerprint density at radius 3 is 1.56 bits per heavy atom. The first-order chi connectivity index (χ1) is 16.3. The first kappa shape index (κ1) is 20.6. The Labute approximate surface area is 210 Å². The Morgan fingerprint density at radius 2 is 1.09 bits per heavy atom. The second-order valence-corrected chi connectivity index (χ2v) is 7.73. The van der Waals surface area contributed by atoms with Gasteiger partial charge in [-0.05, 0) is 35.7 Å². The van der Waals surface area contributed by atoms with E-state index in [-0.39, 0.29) is 21.1 Å². The maximum atomic E-state index is 6.22. The quantitative estimate of drug-likeness (QED) is 0.193. The van der Waals surface area contributed by atoms with Gasteiger partial charge in [0.1, 0.15) is 5.69 Å². The summed E-state index contributed by atoms with van der Waals surface area (Å²) in [7, 11) is 0. The van der Waals surface area contributed by atoms with Crippen molar-refractivity contribution in [1.29, 1.82) is 0 Å². The van der Waals surface area contributed by atoms with E-state index >= 15 is 0 Å². The monoisotopic (exact) mass is 620 g/mol. The average molecular weight is 621 g/mol. The number of fused-ring (bicyclic) bond motifs is 4. The fourth-order valence-electron chi connectivity index (χ4n) is 4.19. The first-order valence-electron chi connectivity index (χ1n) is 10.6. The minimum atomic E-state index is 0. The van der Waals surface area contributed by atoms with Crippen LogP contribution in [-0.2, 0) is 21.1 Å². The smallest absolute Gasteiger partial charge is 0.451 e. The molecule has 3 aromatic carbocycles. The van der Waals surface area contributed by atoms with E-state index in [1.54, 1.807) is 0 Å². The van der Waals surface area contributed by atoms with Crippen LogP contribution >= 0.6 is 0 Å². The maximum absolute atomic E-state index is 6.22. The van der Waals surface area contributed by atoms with E-state index < -0.39 is 0 Å². The summed E-state index contributed by atoms with van der Waals surface area (Å²) in [6.45, 7) is 0. The van der Waals surface area contributed by atoms with Crippen LogP contribution in [-0.4, -0.2) is 9.97 Å². The van der Waals surface area contributed by atoms with Crippen LogP contribution in [0, 0.1) is 12.1 Å². The van der Waals surface area contributed by atoms with Gasteiger partial charge in [-0.1, -0.05) is 18.2 Å². The Morgan fingerprint density at radius 1 is 0.559 bits per heavy atom. The molecule has 0 aliphatic carbocycles. The molecule has 4 heterocycles. The number of pyridine rings is 2. The van der Waals surface area contributed by atoms with Crippen LogP contribution in [0.5, 0.6) is 23.0 Å². The van der Waals surface area contributed by atoms with Gasteiger partial charge < -0.3 is 9.47 Å². The number of aromatic nitrogens is 2. The maximum Gasteiger partial charge on any atom is 2.00 e. The molecule has 0 saturated heterocycles. The Balaban J connectivity index is 0.00000217. The molecule has 34 heavy (non-hydrogen) atoms. The molecule has 2 aliphatic rings. The third kappa shape index (κ3) is 3.20. The Kier molecular flexibility index (Phi) is 4.93. The summed E-state index contributed by atoms with van der Waals surface area (Å²) in [5.74, 6) is 4.04. The third-order valence-electron chi connectivity index (χ3n) is 5.70. The Bertz CT molecular complexity index is 1410. The summed E-state index contributed by atoms with van der Waals surface area (Å²) in [6.07, 6.45) is 0. The van der Waals surface area contributed by atoms with Crippen molar-refractivity contribution in [2.75, 3.05) is 4.90 Å². The van der Waals surface area contributed by atoms with Crippen molar-refractivity contribution in [2.45, 2.75) is 0 Å². The summed E-state index contributed by atoms with van der Waals surface area (Å²) in [4.78, 5) is 12.0. The minimum Gasteiger partial charge on any atom is -0.451 e. The van der Waals surface area contributed by atoms with Gasteiger partial charge in [-0.25, -0.2) is 0 Å². The van der Waals surface area contributed by atoms with Crippen molar-refractivity contribution in [3.8, 4) is 45.5 Å². The van der Waals surface area contributed by atoms with E-state index in [2.05, 4.69) is 12.1 Å². The number of ether oxygens (including phenoxy) is 2. The second-order valence-electron chi connectivity index (χ2n) is 7.73. The molecule has 6 heteroatoms. The molecular formula is C28H15N3O2Pt. The van der Waals surface area contributed by atoms with E-state index in [1.807, 2.05) is 95.9 Å². The van der Waals surface area contributed by atoms with Crippen molar-refractivity contribution < 1.29 is 30.5 Å². The van der Waals surface area contributed by atoms with Gasteiger partial charge in [0.2, 0.25) is 0 Å². The first-order valence-corrected chi connectivity index (χ1v) is 10.6. The molecule has 0 radical (unpaired) electrons. The van der Waals surface area contributed by atoms with Gasteiger partial charge in [0.05, 0.1) is 0 Å². The molecule has 2 aromatic heterocycles. The summed E-state index contributed by atoms with van der Waals surface area (Å²) < 4.78 is 12.4. The fourth-order valence-corrected chi connectivity index (χ4v) is 4.19. The SMILES string of the molecule is [Pt+2].[c-]1ccccc1-c1ccc2c(n1)N1c3nc(-c4[c-]cccc4)ccc3Oc3cccc(c31)O2. The zero-order chi connectivity index (χ0) is 21.8. The van der Waals surface area contributed by atoms with Crippen LogP contribution in [0.1, 0.15) is 0 Å². The molecule has 5 nitrogen and oxygen atoms in total. The van der Waals surface area contributed by atoms with Crippen LogP contribution in [0.25, 0.3) is 22.5 Å². The zero-order valence-electron chi connectivity index (χ0n) is 17.6. The van der Waals surface area contributed by atoms with Crippen LogP contribution in [0.2, 0.25) is 0 Å². The topological polar surface area (TPSA) is 47.5 Å². The standard InChI is InChI=1S/C28H15N3O2.Pt/c1-3-8-18(9-4-1)20-14-16-24-27(29-20)31-26-22(32-24)12-7-13-23(26)33-25-17-15-21(30-28(25)31)19-10-5-2-6-11-19;/h1-8,10,12-17H;/q-2;+2. The zero-order valence-corrected chi connectivity index (χ0v) is 19.9. The molecular weight excluding hydrogens is 605 g/mol. The van der Waals surface area contributed by atoms with Crippen LogP contribution in [0.15, 0.2) is 91.0 Å². The molecule has 0 fully saturated rings. The third-order valence-corrected chi connectivity index (χ3v) is 5.70.